The minimum absolute atomic E-state index is 0.0805. The number of rotatable bonds is 9. The second-order valence-corrected chi connectivity index (χ2v) is 9.39. The molecule has 1 fully saturated rings. The highest BCUT2D eigenvalue weighted by atomic mass is 32.1. The van der Waals surface area contributed by atoms with Gasteiger partial charge in [0.1, 0.15) is 12.4 Å². The molecule has 0 saturated carbocycles. The van der Waals surface area contributed by atoms with Gasteiger partial charge in [0, 0.05) is 50.2 Å². The maximum atomic E-state index is 12.7. The molecule has 6 nitrogen and oxygen atoms in total. The van der Waals surface area contributed by atoms with Crippen LogP contribution in [0.25, 0.3) is 0 Å². The molecule has 1 aromatic heterocycles. The van der Waals surface area contributed by atoms with Crippen molar-refractivity contribution in [1.29, 1.82) is 0 Å². The highest BCUT2D eigenvalue weighted by Crippen LogP contribution is 2.17. The van der Waals surface area contributed by atoms with Crippen molar-refractivity contribution in [3.05, 3.63) is 81.3 Å². The molecule has 174 valence electrons. The smallest absolute Gasteiger partial charge is 0.251 e. The molecule has 4 rings (SSSR count). The van der Waals surface area contributed by atoms with Crippen LogP contribution in [0.15, 0.2) is 53.9 Å². The Kier molecular flexibility index (Phi) is 8.10. The van der Waals surface area contributed by atoms with Crippen LogP contribution in [0, 0.1) is 6.92 Å². The summed E-state index contributed by atoms with van der Waals surface area (Å²) in [4.78, 5) is 22.1. The third-order valence-corrected chi connectivity index (χ3v) is 6.86. The minimum atomic E-state index is -0.0805. The first kappa shape index (κ1) is 23.4. The predicted octanol–water partition coefficient (Wildman–Crippen LogP) is 4.10. The van der Waals surface area contributed by atoms with Crippen molar-refractivity contribution in [2.75, 3.05) is 32.7 Å². The molecule has 0 aliphatic carbocycles. The number of carbonyl (C=O) groups is 1. The van der Waals surface area contributed by atoms with Gasteiger partial charge >= 0.3 is 0 Å². The molecule has 1 amide bonds. The van der Waals surface area contributed by atoms with Crippen LogP contribution in [-0.4, -0.2) is 53.4 Å². The summed E-state index contributed by atoms with van der Waals surface area (Å²) in [5.41, 5.74) is 4.00. The Morgan fingerprint density at radius 2 is 1.73 bits per heavy atom. The van der Waals surface area contributed by atoms with E-state index in [9.17, 15) is 4.79 Å². The minimum Gasteiger partial charge on any atom is -0.487 e. The standard InChI is InChI=1S/C26H32N4O2S/c1-3-29-12-14-30(15-13-29)17-23-7-5-4-6-22(23)16-27-26(31)21-8-10-25(11-9-21)32-18-24-19-33-20(2)28-24/h4-11,19H,3,12-18H2,1-2H3,(H,27,31). The molecule has 33 heavy (non-hydrogen) atoms. The molecule has 1 aliphatic rings. The van der Waals surface area contributed by atoms with Gasteiger partial charge < -0.3 is 15.0 Å². The molecule has 7 heteroatoms. The lowest BCUT2D eigenvalue weighted by molar-refractivity contribution is 0.0950. The van der Waals surface area contributed by atoms with Gasteiger partial charge in [-0.15, -0.1) is 11.3 Å². The maximum Gasteiger partial charge on any atom is 0.251 e. The summed E-state index contributed by atoms with van der Waals surface area (Å²) in [6, 6.07) is 15.7. The first-order valence-electron chi connectivity index (χ1n) is 11.5. The van der Waals surface area contributed by atoms with E-state index < -0.39 is 0 Å². The van der Waals surface area contributed by atoms with Crippen molar-refractivity contribution in [2.24, 2.45) is 0 Å². The van der Waals surface area contributed by atoms with E-state index >= 15 is 0 Å². The number of benzene rings is 2. The van der Waals surface area contributed by atoms with Crippen LogP contribution >= 0.6 is 11.3 Å². The lowest BCUT2D eigenvalue weighted by Gasteiger charge is -2.34. The molecule has 0 unspecified atom stereocenters. The number of hydrogen-bond donors (Lipinski definition) is 1. The summed E-state index contributed by atoms with van der Waals surface area (Å²) < 4.78 is 5.78. The number of likely N-dealkylation sites (N-methyl/N-ethyl adjacent to an activating group) is 1. The van der Waals surface area contributed by atoms with Gasteiger partial charge in [0.25, 0.3) is 5.91 Å². The molecular weight excluding hydrogens is 432 g/mol. The number of ether oxygens (including phenoxy) is 1. The first-order chi connectivity index (χ1) is 16.1. The van der Waals surface area contributed by atoms with E-state index in [1.165, 1.54) is 11.1 Å². The molecule has 2 heterocycles. The fourth-order valence-corrected chi connectivity index (χ4v) is 4.60. The average molecular weight is 465 g/mol. The summed E-state index contributed by atoms with van der Waals surface area (Å²) in [6.45, 7) is 11.6. The number of aromatic nitrogens is 1. The summed E-state index contributed by atoms with van der Waals surface area (Å²) in [5, 5.41) is 6.10. The van der Waals surface area contributed by atoms with Crippen molar-refractivity contribution in [3.63, 3.8) is 0 Å². The van der Waals surface area contributed by atoms with E-state index in [0.29, 0.717) is 18.7 Å². The van der Waals surface area contributed by atoms with Gasteiger partial charge in [-0.1, -0.05) is 31.2 Å². The Morgan fingerprint density at radius 3 is 2.39 bits per heavy atom. The number of aryl methyl sites for hydroxylation is 1. The molecule has 0 spiro atoms. The van der Waals surface area contributed by atoms with E-state index in [1.807, 2.05) is 30.5 Å². The molecular formula is C26H32N4O2S. The Hall–Kier alpha value is -2.74. The molecule has 0 bridgehead atoms. The Balaban J connectivity index is 1.29. The number of nitrogens with one attached hydrogen (secondary N) is 1. The highest BCUT2D eigenvalue weighted by molar-refractivity contribution is 7.09. The van der Waals surface area contributed by atoms with Crippen molar-refractivity contribution < 1.29 is 9.53 Å². The number of amides is 1. The third kappa shape index (κ3) is 6.63. The molecule has 3 aromatic rings. The van der Waals surface area contributed by atoms with E-state index in [0.717, 1.165) is 55.7 Å². The number of nitrogens with zero attached hydrogens (tertiary/aromatic N) is 3. The molecule has 1 aliphatic heterocycles. The first-order valence-corrected chi connectivity index (χ1v) is 12.4. The molecule has 2 aromatic carbocycles. The maximum absolute atomic E-state index is 12.7. The molecule has 0 atom stereocenters. The van der Waals surface area contributed by atoms with Crippen LogP contribution in [0.1, 0.15) is 39.1 Å². The Morgan fingerprint density at radius 1 is 1.03 bits per heavy atom. The number of piperazine rings is 1. The van der Waals surface area contributed by atoms with Gasteiger partial charge in [0.15, 0.2) is 0 Å². The van der Waals surface area contributed by atoms with E-state index in [4.69, 9.17) is 4.74 Å². The average Bonchev–Trinajstić information content (AvgIpc) is 3.28. The molecule has 1 saturated heterocycles. The van der Waals surface area contributed by atoms with Crippen LogP contribution < -0.4 is 10.1 Å². The zero-order valence-corrected chi connectivity index (χ0v) is 20.2. The summed E-state index contributed by atoms with van der Waals surface area (Å²) in [5.74, 6) is 0.647. The van der Waals surface area contributed by atoms with Crippen LogP contribution in [0.2, 0.25) is 0 Å². The number of thiazole rings is 1. The summed E-state index contributed by atoms with van der Waals surface area (Å²) in [7, 11) is 0. The molecule has 1 N–H and O–H groups in total. The second-order valence-electron chi connectivity index (χ2n) is 8.33. The lowest BCUT2D eigenvalue weighted by atomic mass is 10.1. The van der Waals surface area contributed by atoms with Gasteiger partial charge in [-0.2, -0.15) is 0 Å². The van der Waals surface area contributed by atoms with E-state index in [1.54, 1.807) is 23.5 Å². The monoisotopic (exact) mass is 464 g/mol. The largest absolute Gasteiger partial charge is 0.487 e. The fraction of sp³-hybridized carbons (Fsp3) is 0.385. The summed E-state index contributed by atoms with van der Waals surface area (Å²) >= 11 is 1.61. The molecule has 0 radical (unpaired) electrons. The van der Waals surface area contributed by atoms with Crippen molar-refractivity contribution in [1.82, 2.24) is 20.1 Å². The normalized spacial score (nSPS) is 14.8. The van der Waals surface area contributed by atoms with Crippen molar-refractivity contribution in [2.45, 2.75) is 33.5 Å². The van der Waals surface area contributed by atoms with Gasteiger partial charge in [0.05, 0.1) is 10.7 Å². The zero-order valence-electron chi connectivity index (χ0n) is 19.4. The van der Waals surface area contributed by atoms with E-state index in [2.05, 4.69) is 45.2 Å². The summed E-state index contributed by atoms with van der Waals surface area (Å²) in [6.07, 6.45) is 0. The topological polar surface area (TPSA) is 57.7 Å². The van der Waals surface area contributed by atoms with Crippen LogP contribution in [-0.2, 0) is 19.7 Å². The SMILES string of the molecule is CCN1CCN(Cc2ccccc2CNC(=O)c2ccc(OCc3csc(C)n3)cc2)CC1. The predicted molar refractivity (Wildman–Crippen MR) is 133 cm³/mol. The van der Waals surface area contributed by atoms with Crippen LogP contribution in [0.4, 0.5) is 0 Å². The van der Waals surface area contributed by atoms with Gasteiger partial charge in [-0.3, -0.25) is 9.69 Å². The van der Waals surface area contributed by atoms with E-state index in [-0.39, 0.29) is 5.91 Å². The van der Waals surface area contributed by atoms with Crippen molar-refractivity contribution in [3.8, 4) is 5.75 Å². The number of carbonyl (C=O) groups excluding carboxylic acids is 1. The van der Waals surface area contributed by atoms with Gasteiger partial charge in [0.2, 0.25) is 0 Å². The highest BCUT2D eigenvalue weighted by Gasteiger charge is 2.17. The fourth-order valence-electron chi connectivity index (χ4n) is 4.00. The van der Waals surface area contributed by atoms with Crippen molar-refractivity contribution >= 4 is 17.2 Å². The number of hydrogen-bond acceptors (Lipinski definition) is 6. The van der Waals surface area contributed by atoms with Gasteiger partial charge in [-0.05, 0) is 48.9 Å². The van der Waals surface area contributed by atoms with Crippen LogP contribution in [0.3, 0.4) is 0 Å². The second kappa shape index (κ2) is 11.4. The Labute approximate surface area is 200 Å². The van der Waals surface area contributed by atoms with Crippen LogP contribution in [0.5, 0.6) is 5.75 Å². The Bertz CT molecular complexity index is 1040. The quantitative estimate of drug-likeness (QED) is 0.517. The lowest BCUT2D eigenvalue weighted by Crippen LogP contribution is -2.45. The zero-order chi connectivity index (χ0) is 23.0. The third-order valence-electron chi connectivity index (χ3n) is 6.03. The van der Waals surface area contributed by atoms with Gasteiger partial charge in [-0.25, -0.2) is 4.98 Å².